The van der Waals surface area contributed by atoms with Crippen molar-refractivity contribution in [2.24, 2.45) is 0 Å². The maximum Gasteiger partial charge on any atom is 0.223 e. The van der Waals surface area contributed by atoms with Gasteiger partial charge in [0, 0.05) is 18.7 Å². The van der Waals surface area contributed by atoms with E-state index in [2.05, 4.69) is 19.1 Å². The van der Waals surface area contributed by atoms with Gasteiger partial charge >= 0.3 is 0 Å². The van der Waals surface area contributed by atoms with E-state index in [1.807, 2.05) is 34.9 Å². The van der Waals surface area contributed by atoms with E-state index in [0.717, 1.165) is 25.1 Å². The fourth-order valence-corrected chi connectivity index (χ4v) is 3.37. The van der Waals surface area contributed by atoms with Gasteiger partial charge < -0.3 is 4.90 Å². The summed E-state index contributed by atoms with van der Waals surface area (Å²) in [5, 5.41) is 0.237. The SMILES string of the molecule is CCCCC(=O)N1CCS[C@@H]1c1ccccc1. The highest BCUT2D eigenvalue weighted by molar-refractivity contribution is 7.99. The van der Waals surface area contributed by atoms with Crippen molar-refractivity contribution in [2.45, 2.75) is 31.6 Å². The van der Waals surface area contributed by atoms with Crippen molar-refractivity contribution < 1.29 is 4.79 Å². The summed E-state index contributed by atoms with van der Waals surface area (Å²) in [4.78, 5) is 14.1. The van der Waals surface area contributed by atoms with Gasteiger partial charge in [0.25, 0.3) is 0 Å². The third kappa shape index (κ3) is 3.03. The zero-order valence-corrected chi connectivity index (χ0v) is 11.1. The maximum atomic E-state index is 12.1. The van der Waals surface area contributed by atoms with Gasteiger partial charge in [0.05, 0.1) is 0 Å². The Kier molecular flexibility index (Phi) is 4.49. The zero-order valence-electron chi connectivity index (χ0n) is 10.3. The lowest BCUT2D eigenvalue weighted by molar-refractivity contribution is -0.131. The highest BCUT2D eigenvalue weighted by Gasteiger charge is 2.29. The molecule has 1 fully saturated rings. The van der Waals surface area contributed by atoms with Crippen LogP contribution >= 0.6 is 11.8 Å². The maximum absolute atomic E-state index is 12.1. The van der Waals surface area contributed by atoms with Crippen LogP contribution in [-0.2, 0) is 4.79 Å². The third-order valence-electron chi connectivity index (χ3n) is 3.04. The van der Waals surface area contributed by atoms with Crippen LogP contribution < -0.4 is 0 Å². The molecule has 0 aromatic heterocycles. The minimum absolute atomic E-state index is 0.237. The summed E-state index contributed by atoms with van der Waals surface area (Å²) in [6, 6.07) is 10.3. The van der Waals surface area contributed by atoms with Gasteiger partial charge in [-0.25, -0.2) is 0 Å². The number of nitrogens with zero attached hydrogens (tertiary/aromatic N) is 1. The van der Waals surface area contributed by atoms with Crippen molar-refractivity contribution >= 4 is 17.7 Å². The molecule has 1 saturated heterocycles. The Morgan fingerprint density at radius 2 is 2.18 bits per heavy atom. The highest BCUT2D eigenvalue weighted by atomic mass is 32.2. The quantitative estimate of drug-likeness (QED) is 0.814. The Balaban J connectivity index is 2.05. The first-order valence-corrected chi connectivity index (χ1v) is 7.34. The predicted octanol–water partition coefficient (Wildman–Crippen LogP) is 3.45. The first-order valence-electron chi connectivity index (χ1n) is 6.29. The standard InChI is InChI=1S/C14H19NOS/c1-2-3-9-13(16)15-10-11-17-14(15)12-7-5-4-6-8-12/h4-8,14H,2-3,9-11H2,1H3/t14-/m1/s1. The summed E-state index contributed by atoms with van der Waals surface area (Å²) in [7, 11) is 0. The lowest BCUT2D eigenvalue weighted by Gasteiger charge is -2.24. The number of unbranched alkanes of at least 4 members (excludes halogenated alkanes) is 1. The summed E-state index contributed by atoms with van der Waals surface area (Å²) in [6.45, 7) is 3.02. The molecule has 2 nitrogen and oxygen atoms in total. The van der Waals surface area contributed by atoms with Crippen LogP contribution in [0.15, 0.2) is 30.3 Å². The molecule has 2 rings (SSSR count). The molecule has 0 aliphatic carbocycles. The number of hydrogen-bond acceptors (Lipinski definition) is 2. The Labute approximate surface area is 107 Å². The Morgan fingerprint density at radius 1 is 1.41 bits per heavy atom. The van der Waals surface area contributed by atoms with Crippen LogP contribution in [0.25, 0.3) is 0 Å². The van der Waals surface area contributed by atoms with Crippen molar-refractivity contribution in [3.63, 3.8) is 0 Å². The average Bonchev–Trinajstić information content (AvgIpc) is 2.86. The van der Waals surface area contributed by atoms with E-state index in [9.17, 15) is 4.79 Å². The molecule has 17 heavy (non-hydrogen) atoms. The lowest BCUT2D eigenvalue weighted by Crippen LogP contribution is -2.30. The molecule has 3 heteroatoms. The highest BCUT2D eigenvalue weighted by Crippen LogP contribution is 2.38. The zero-order chi connectivity index (χ0) is 12.1. The van der Waals surface area contributed by atoms with Crippen LogP contribution in [0.3, 0.4) is 0 Å². The lowest BCUT2D eigenvalue weighted by atomic mass is 10.2. The van der Waals surface area contributed by atoms with Gasteiger partial charge in [-0.1, -0.05) is 43.7 Å². The number of thioether (sulfide) groups is 1. The number of hydrogen-bond donors (Lipinski definition) is 0. The van der Waals surface area contributed by atoms with E-state index in [4.69, 9.17) is 0 Å². The molecule has 0 N–H and O–H groups in total. The molecule has 92 valence electrons. The van der Waals surface area contributed by atoms with Crippen LogP contribution in [0, 0.1) is 0 Å². The van der Waals surface area contributed by atoms with Crippen molar-refractivity contribution in [1.29, 1.82) is 0 Å². The summed E-state index contributed by atoms with van der Waals surface area (Å²) >= 11 is 1.87. The average molecular weight is 249 g/mol. The van der Waals surface area contributed by atoms with Crippen LogP contribution in [0.2, 0.25) is 0 Å². The molecular weight excluding hydrogens is 230 g/mol. The summed E-state index contributed by atoms with van der Waals surface area (Å²) < 4.78 is 0. The normalized spacial score (nSPS) is 19.6. The number of carbonyl (C=O) groups is 1. The van der Waals surface area contributed by atoms with E-state index in [1.165, 1.54) is 5.56 Å². The van der Waals surface area contributed by atoms with E-state index >= 15 is 0 Å². The molecule has 1 aliphatic rings. The van der Waals surface area contributed by atoms with Gasteiger partial charge in [0.1, 0.15) is 5.37 Å². The van der Waals surface area contributed by atoms with Crippen LogP contribution in [0.5, 0.6) is 0 Å². The summed E-state index contributed by atoms with van der Waals surface area (Å²) in [6.07, 6.45) is 2.78. The fraction of sp³-hybridized carbons (Fsp3) is 0.500. The molecule has 0 unspecified atom stereocenters. The second-order valence-corrected chi connectivity index (χ2v) is 5.51. The molecular formula is C14H19NOS. The van der Waals surface area contributed by atoms with Gasteiger partial charge in [0.15, 0.2) is 0 Å². The third-order valence-corrected chi connectivity index (χ3v) is 4.30. The molecule has 1 aliphatic heterocycles. The van der Waals surface area contributed by atoms with E-state index in [0.29, 0.717) is 12.3 Å². The first-order chi connectivity index (χ1) is 8.33. The molecule has 1 aromatic carbocycles. The molecule has 1 amide bonds. The van der Waals surface area contributed by atoms with Crippen LogP contribution in [0.4, 0.5) is 0 Å². The molecule has 0 spiro atoms. The Morgan fingerprint density at radius 3 is 2.88 bits per heavy atom. The topological polar surface area (TPSA) is 20.3 Å². The van der Waals surface area contributed by atoms with E-state index in [1.54, 1.807) is 0 Å². The number of carbonyl (C=O) groups excluding carboxylic acids is 1. The van der Waals surface area contributed by atoms with Gasteiger partial charge in [-0.3, -0.25) is 4.79 Å². The molecule has 1 heterocycles. The molecule has 0 bridgehead atoms. The molecule has 1 aromatic rings. The number of amides is 1. The molecule has 0 saturated carbocycles. The van der Waals surface area contributed by atoms with Crippen molar-refractivity contribution in [2.75, 3.05) is 12.3 Å². The van der Waals surface area contributed by atoms with E-state index in [-0.39, 0.29) is 5.37 Å². The second kappa shape index (κ2) is 6.10. The van der Waals surface area contributed by atoms with E-state index < -0.39 is 0 Å². The van der Waals surface area contributed by atoms with Gasteiger partial charge in [-0.05, 0) is 12.0 Å². The summed E-state index contributed by atoms with van der Waals surface area (Å²) in [5.41, 5.74) is 1.25. The van der Waals surface area contributed by atoms with Crippen molar-refractivity contribution in [3.05, 3.63) is 35.9 Å². The largest absolute Gasteiger partial charge is 0.326 e. The van der Waals surface area contributed by atoms with Crippen LogP contribution in [0.1, 0.15) is 37.1 Å². The molecule has 1 atom stereocenters. The monoisotopic (exact) mass is 249 g/mol. The van der Waals surface area contributed by atoms with Crippen molar-refractivity contribution in [1.82, 2.24) is 4.90 Å². The predicted molar refractivity (Wildman–Crippen MR) is 72.9 cm³/mol. The minimum atomic E-state index is 0.237. The summed E-state index contributed by atoms with van der Waals surface area (Å²) in [5.74, 6) is 1.36. The minimum Gasteiger partial charge on any atom is -0.326 e. The van der Waals surface area contributed by atoms with Gasteiger partial charge in [0.2, 0.25) is 5.91 Å². The van der Waals surface area contributed by atoms with Crippen LogP contribution in [-0.4, -0.2) is 23.1 Å². The second-order valence-electron chi connectivity index (χ2n) is 4.32. The van der Waals surface area contributed by atoms with Crippen molar-refractivity contribution in [3.8, 4) is 0 Å². The van der Waals surface area contributed by atoms with Gasteiger partial charge in [-0.2, -0.15) is 0 Å². The Hall–Kier alpha value is -0.960. The smallest absolute Gasteiger partial charge is 0.223 e. The van der Waals surface area contributed by atoms with Gasteiger partial charge in [-0.15, -0.1) is 11.8 Å². The number of rotatable bonds is 4. The molecule has 0 radical (unpaired) electrons. The number of benzene rings is 1. The fourth-order valence-electron chi connectivity index (χ4n) is 2.09. The Bertz CT molecular complexity index is 366. The first kappa shape index (κ1) is 12.5.